The molecular formula is C20H14BrClN2O2. The summed E-state index contributed by atoms with van der Waals surface area (Å²) in [7, 11) is 0. The first-order chi connectivity index (χ1) is 12.7. The summed E-state index contributed by atoms with van der Waals surface area (Å²) in [5.41, 5.74) is 3.01. The maximum atomic E-state index is 6.31. The Hall–Kier alpha value is -2.24. The number of hydrogen-bond acceptors (Lipinski definition) is 4. The molecule has 2 aliphatic rings. The van der Waals surface area contributed by atoms with Gasteiger partial charge in [0.1, 0.15) is 17.2 Å². The lowest BCUT2D eigenvalue weighted by atomic mass is 9.97. The van der Waals surface area contributed by atoms with E-state index in [0.717, 1.165) is 39.2 Å². The van der Waals surface area contributed by atoms with Gasteiger partial charge in [0.15, 0.2) is 0 Å². The Morgan fingerprint density at radius 2 is 1.96 bits per heavy atom. The zero-order valence-electron chi connectivity index (χ0n) is 13.6. The number of ether oxygens (including phenoxy) is 1. The molecule has 0 unspecified atom stereocenters. The third-order valence-electron chi connectivity index (χ3n) is 4.71. The van der Waals surface area contributed by atoms with E-state index >= 15 is 0 Å². The maximum Gasteiger partial charge on any atom is 0.213 e. The molecule has 0 saturated carbocycles. The van der Waals surface area contributed by atoms with Crippen LogP contribution in [-0.4, -0.2) is 10.7 Å². The molecule has 0 aliphatic carbocycles. The fourth-order valence-electron chi connectivity index (χ4n) is 3.50. The highest BCUT2D eigenvalue weighted by Gasteiger charge is 2.41. The number of benzene rings is 2. The summed E-state index contributed by atoms with van der Waals surface area (Å²) in [5.74, 6) is 1.64. The van der Waals surface area contributed by atoms with Gasteiger partial charge in [-0.3, -0.25) is 0 Å². The number of nitrogens with zero attached hydrogens (tertiary/aromatic N) is 2. The molecular weight excluding hydrogens is 416 g/mol. The molecule has 0 N–H and O–H groups in total. The molecule has 2 aromatic carbocycles. The van der Waals surface area contributed by atoms with Crippen LogP contribution in [0.2, 0.25) is 5.02 Å². The second-order valence-electron chi connectivity index (χ2n) is 6.33. The SMILES string of the molecule is Clc1ccc2c(c1)[C@H]1CC(c3ccco3)=NN1[C@H](c1ccc(Br)cc1)O2. The molecule has 0 saturated heterocycles. The van der Waals surface area contributed by atoms with Crippen LogP contribution in [0, 0.1) is 0 Å². The number of rotatable bonds is 2. The number of halogens is 2. The Morgan fingerprint density at radius 3 is 2.73 bits per heavy atom. The Morgan fingerprint density at radius 1 is 1.12 bits per heavy atom. The van der Waals surface area contributed by atoms with Gasteiger partial charge in [0.25, 0.3) is 0 Å². The summed E-state index contributed by atoms with van der Waals surface area (Å²) in [6, 6.07) is 17.8. The van der Waals surface area contributed by atoms with Crippen LogP contribution in [0.5, 0.6) is 5.75 Å². The summed E-state index contributed by atoms with van der Waals surface area (Å²) < 4.78 is 12.9. The Bertz CT molecular complexity index is 986. The normalized spacial score (nSPS) is 21.0. The smallest absolute Gasteiger partial charge is 0.213 e. The maximum absolute atomic E-state index is 6.31. The monoisotopic (exact) mass is 428 g/mol. The van der Waals surface area contributed by atoms with Gasteiger partial charge in [-0.1, -0.05) is 39.7 Å². The van der Waals surface area contributed by atoms with E-state index in [4.69, 9.17) is 25.9 Å². The van der Waals surface area contributed by atoms with Crippen molar-refractivity contribution in [3.05, 3.63) is 87.2 Å². The van der Waals surface area contributed by atoms with Gasteiger partial charge in [-0.15, -0.1) is 0 Å². The van der Waals surface area contributed by atoms with Gasteiger partial charge in [-0.05, 0) is 42.5 Å². The molecule has 0 radical (unpaired) electrons. The molecule has 0 amide bonds. The van der Waals surface area contributed by atoms with Crippen molar-refractivity contribution >= 4 is 33.2 Å². The van der Waals surface area contributed by atoms with Crippen LogP contribution >= 0.6 is 27.5 Å². The molecule has 26 heavy (non-hydrogen) atoms. The Balaban J connectivity index is 1.61. The van der Waals surface area contributed by atoms with Crippen molar-refractivity contribution in [2.75, 3.05) is 0 Å². The van der Waals surface area contributed by atoms with E-state index in [1.807, 2.05) is 59.6 Å². The minimum Gasteiger partial charge on any atom is -0.464 e. The lowest BCUT2D eigenvalue weighted by Gasteiger charge is -2.38. The van der Waals surface area contributed by atoms with Gasteiger partial charge in [-0.2, -0.15) is 5.10 Å². The fourth-order valence-corrected chi connectivity index (χ4v) is 3.94. The summed E-state index contributed by atoms with van der Waals surface area (Å²) in [5, 5.41) is 7.55. The molecule has 0 bridgehead atoms. The topological polar surface area (TPSA) is 38.0 Å². The van der Waals surface area contributed by atoms with Gasteiger partial charge in [0.05, 0.1) is 12.3 Å². The molecule has 0 fully saturated rings. The predicted molar refractivity (Wildman–Crippen MR) is 103 cm³/mol. The van der Waals surface area contributed by atoms with Crippen LogP contribution in [0.1, 0.15) is 35.6 Å². The third-order valence-corrected chi connectivity index (χ3v) is 5.48. The first-order valence-corrected chi connectivity index (χ1v) is 9.47. The van der Waals surface area contributed by atoms with Gasteiger partial charge >= 0.3 is 0 Å². The number of furan rings is 1. The fraction of sp³-hybridized carbons (Fsp3) is 0.150. The molecule has 2 aliphatic heterocycles. The second kappa shape index (κ2) is 6.18. The highest BCUT2D eigenvalue weighted by atomic mass is 79.9. The van der Waals surface area contributed by atoms with Crippen LogP contribution in [-0.2, 0) is 0 Å². The summed E-state index contributed by atoms with van der Waals surface area (Å²) in [4.78, 5) is 0. The van der Waals surface area contributed by atoms with Crippen LogP contribution < -0.4 is 4.74 Å². The van der Waals surface area contributed by atoms with E-state index in [1.54, 1.807) is 6.26 Å². The van der Waals surface area contributed by atoms with Crippen LogP contribution in [0.25, 0.3) is 0 Å². The average molecular weight is 430 g/mol. The number of hydrazone groups is 1. The molecule has 3 heterocycles. The highest BCUT2D eigenvalue weighted by molar-refractivity contribution is 9.10. The number of hydrogen-bond donors (Lipinski definition) is 0. The van der Waals surface area contributed by atoms with Crippen LogP contribution in [0.15, 0.2) is 74.9 Å². The molecule has 1 aromatic heterocycles. The van der Waals surface area contributed by atoms with Gasteiger partial charge < -0.3 is 9.15 Å². The zero-order valence-corrected chi connectivity index (χ0v) is 15.9. The third kappa shape index (κ3) is 2.63. The van der Waals surface area contributed by atoms with E-state index in [1.165, 1.54) is 0 Å². The quantitative estimate of drug-likeness (QED) is 0.506. The highest BCUT2D eigenvalue weighted by Crippen LogP contribution is 2.48. The first kappa shape index (κ1) is 16.0. The van der Waals surface area contributed by atoms with E-state index in [2.05, 4.69) is 15.9 Å². The van der Waals surface area contributed by atoms with Crippen molar-refractivity contribution in [2.45, 2.75) is 18.7 Å². The minimum absolute atomic E-state index is 0.0613. The molecule has 3 aromatic rings. The van der Waals surface area contributed by atoms with Gasteiger partial charge in [-0.25, -0.2) is 5.01 Å². The summed E-state index contributed by atoms with van der Waals surface area (Å²) in [6.07, 6.45) is 2.12. The molecule has 2 atom stereocenters. The van der Waals surface area contributed by atoms with Crippen LogP contribution in [0.3, 0.4) is 0 Å². The lowest BCUT2D eigenvalue weighted by Crippen LogP contribution is -2.33. The van der Waals surface area contributed by atoms with Crippen molar-refractivity contribution in [2.24, 2.45) is 5.10 Å². The summed E-state index contributed by atoms with van der Waals surface area (Å²) >= 11 is 9.72. The van der Waals surface area contributed by atoms with E-state index < -0.39 is 0 Å². The van der Waals surface area contributed by atoms with E-state index in [0.29, 0.717) is 5.02 Å². The van der Waals surface area contributed by atoms with E-state index in [9.17, 15) is 0 Å². The largest absolute Gasteiger partial charge is 0.464 e. The van der Waals surface area contributed by atoms with Crippen molar-refractivity contribution in [1.82, 2.24) is 5.01 Å². The van der Waals surface area contributed by atoms with Crippen LogP contribution in [0.4, 0.5) is 0 Å². The summed E-state index contributed by atoms with van der Waals surface area (Å²) in [6.45, 7) is 0. The Labute approximate surface area is 164 Å². The van der Waals surface area contributed by atoms with Gasteiger partial charge in [0.2, 0.25) is 6.23 Å². The standard InChI is InChI=1S/C20H14BrClN2O2/c21-13-5-3-12(4-6-13)20-24-17(11-16(23-24)19-2-1-9-25-19)15-10-14(22)7-8-18(15)26-20/h1-10,17,20H,11H2/t17-,20+/m1/s1. The second-order valence-corrected chi connectivity index (χ2v) is 7.68. The van der Waals surface area contributed by atoms with Crippen molar-refractivity contribution in [3.63, 3.8) is 0 Å². The van der Waals surface area contributed by atoms with Crippen molar-refractivity contribution in [1.29, 1.82) is 0 Å². The molecule has 5 rings (SSSR count). The van der Waals surface area contributed by atoms with Gasteiger partial charge in [0, 0.05) is 27.0 Å². The molecule has 0 spiro atoms. The van der Waals surface area contributed by atoms with Crippen molar-refractivity contribution in [3.8, 4) is 5.75 Å². The molecule has 4 nitrogen and oxygen atoms in total. The molecule has 130 valence electrons. The van der Waals surface area contributed by atoms with E-state index in [-0.39, 0.29) is 12.3 Å². The zero-order chi connectivity index (χ0) is 17.7. The van der Waals surface area contributed by atoms with Crippen molar-refractivity contribution < 1.29 is 9.15 Å². The number of fused-ring (bicyclic) bond motifs is 3. The minimum atomic E-state index is -0.297. The first-order valence-electron chi connectivity index (χ1n) is 8.30. The lowest BCUT2D eigenvalue weighted by molar-refractivity contribution is -0.0190. The molecule has 6 heteroatoms. The average Bonchev–Trinajstić information content (AvgIpc) is 3.32. The Kier molecular flexibility index (Phi) is 3.80. The predicted octanol–water partition coefficient (Wildman–Crippen LogP) is 5.94.